The number of hydrogen-bond donors (Lipinski definition) is 2. The number of benzene rings is 3. The summed E-state index contributed by atoms with van der Waals surface area (Å²) < 4.78 is 22.2. The predicted molar refractivity (Wildman–Crippen MR) is 136 cm³/mol. The molecule has 1 atom stereocenters. The van der Waals surface area contributed by atoms with Gasteiger partial charge >= 0.3 is 0 Å². The lowest BCUT2D eigenvalue weighted by atomic mass is 9.89. The highest BCUT2D eigenvalue weighted by Gasteiger charge is 2.25. The van der Waals surface area contributed by atoms with Crippen LogP contribution < -0.4 is 24.3 Å². The van der Waals surface area contributed by atoms with E-state index >= 15 is 0 Å². The molecule has 3 aromatic carbocycles. The molecule has 0 aliphatic heterocycles. The van der Waals surface area contributed by atoms with Crippen LogP contribution in [0.3, 0.4) is 0 Å². The Bertz CT molecular complexity index is 1320. The molecule has 1 heterocycles. The zero-order chi connectivity index (χ0) is 24.9. The SMILES string of the molecule is COc1cc(C(=O)NCC(c2cccc(OC)c2OC)c2c[nH]c3ccccc23)cc(OC)c1C. The number of aromatic amines is 1. The Morgan fingerprint density at radius 3 is 2.20 bits per heavy atom. The Balaban J connectivity index is 1.73. The van der Waals surface area contributed by atoms with Crippen molar-refractivity contribution >= 4 is 16.8 Å². The maximum absolute atomic E-state index is 13.3. The molecule has 0 spiro atoms. The van der Waals surface area contributed by atoms with Crippen LogP contribution in [0.25, 0.3) is 10.9 Å². The van der Waals surface area contributed by atoms with Gasteiger partial charge in [-0.15, -0.1) is 0 Å². The number of methoxy groups -OCH3 is 4. The van der Waals surface area contributed by atoms with E-state index in [1.165, 1.54) is 0 Å². The molecular weight excluding hydrogens is 444 g/mol. The number of hydrogen-bond acceptors (Lipinski definition) is 5. The Morgan fingerprint density at radius 2 is 1.54 bits per heavy atom. The van der Waals surface area contributed by atoms with E-state index in [9.17, 15) is 4.79 Å². The zero-order valence-corrected chi connectivity index (χ0v) is 20.6. The summed E-state index contributed by atoms with van der Waals surface area (Å²) in [5.74, 6) is 2.03. The number of ether oxygens (including phenoxy) is 4. The summed E-state index contributed by atoms with van der Waals surface area (Å²) in [5.41, 5.74) is 4.28. The van der Waals surface area contributed by atoms with Crippen molar-refractivity contribution in [3.63, 3.8) is 0 Å². The van der Waals surface area contributed by atoms with Crippen LogP contribution in [0.4, 0.5) is 0 Å². The first-order valence-electron chi connectivity index (χ1n) is 11.3. The van der Waals surface area contributed by atoms with Gasteiger partial charge in [-0.3, -0.25) is 4.79 Å². The Morgan fingerprint density at radius 1 is 0.857 bits per heavy atom. The first-order valence-corrected chi connectivity index (χ1v) is 11.3. The molecule has 1 unspecified atom stereocenters. The summed E-state index contributed by atoms with van der Waals surface area (Å²) in [7, 11) is 6.39. The van der Waals surface area contributed by atoms with Gasteiger partial charge in [0.25, 0.3) is 5.91 Å². The van der Waals surface area contributed by atoms with E-state index in [-0.39, 0.29) is 11.8 Å². The largest absolute Gasteiger partial charge is 0.496 e. The maximum Gasteiger partial charge on any atom is 0.251 e. The van der Waals surface area contributed by atoms with Crippen LogP contribution in [0, 0.1) is 6.92 Å². The second kappa shape index (κ2) is 10.4. The highest BCUT2D eigenvalue weighted by atomic mass is 16.5. The highest BCUT2D eigenvalue weighted by molar-refractivity contribution is 5.95. The van der Waals surface area contributed by atoms with Gasteiger partial charge in [0.1, 0.15) is 11.5 Å². The van der Waals surface area contributed by atoms with Crippen molar-refractivity contribution in [1.29, 1.82) is 0 Å². The summed E-state index contributed by atoms with van der Waals surface area (Å²) in [6, 6.07) is 17.3. The van der Waals surface area contributed by atoms with Crippen molar-refractivity contribution in [1.82, 2.24) is 10.3 Å². The van der Waals surface area contributed by atoms with E-state index in [2.05, 4.69) is 16.4 Å². The maximum atomic E-state index is 13.3. The first-order chi connectivity index (χ1) is 17.0. The molecule has 0 bridgehead atoms. The molecule has 0 aliphatic carbocycles. The molecule has 0 aliphatic rings. The van der Waals surface area contributed by atoms with Crippen molar-refractivity contribution in [3.05, 3.63) is 83.0 Å². The molecule has 0 fully saturated rings. The summed E-state index contributed by atoms with van der Waals surface area (Å²) in [5, 5.41) is 4.18. The molecule has 35 heavy (non-hydrogen) atoms. The second-order valence-electron chi connectivity index (χ2n) is 8.14. The summed E-state index contributed by atoms with van der Waals surface area (Å²) in [6.07, 6.45) is 1.98. The summed E-state index contributed by atoms with van der Waals surface area (Å²) in [6.45, 7) is 2.23. The van der Waals surface area contributed by atoms with E-state index in [0.29, 0.717) is 35.1 Å². The van der Waals surface area contributed by atoms with Crippen molar-refractivity contribution in [2.75, 3.05) is 35.0 Å². The average Bonchev–Trinajstić information content (AvgIpc) is 3.32. The number of para-hydroxylation sites is 2. The third-order valence-corrected chi connectivity index (χ3v) is 6.29. The van der Waals surface area contributed by atoms with Gasteiger partial charge in [-0.25, -0.2) is 0 Å². The molecule has 7 heteroatoms. The number of nitrogens with one attached hydrogen (secondary N) is 2. The molecule has 0 saturated carbocycles. The second-order valence-corrected chi connectivity index (χ2v) is 8.14. The number of H-pyrrole nitrogens is 1. The minimum atomic E-state index is -0.228. The molecule has 4 rings (SSSR count). The number of carbonyl (C=O) groups is 1. The smallest absolute Gasteiger partial charge is 0.251 e. The van der Waals surface area contributed by atoms with Gasteiger partial charge in [-0.1, -0.05) is 30.3 Å². The van der Waals surface area contributed by atoms with Gasteiger partial charge in [-0.05, 0) is 36.8 Å². The van der Waals surface area contributed by atoms with E-state index in [4.69, 9.17) is 18.9 Å². The third kappa shape index (κ3) is 4.62. The number of aromatic nitrogens is 1. The predicted octanol–water partition coefficient (Wildman–Crippen LogP) is 5.07. The molecule has 0 saturated heterocycles. The normalized spacial score (nSPS) is 11.7. The minimum Gasteiger partial charge on any atom is -0.496 e. The fraction of sp³-hybridized carbons (Fsp3) is 0.250. The molecule has 1 aromatic heterocycles. The Kier molecular flexibility index (Phi) is 7.15. The van der Waals surface area contributed by atoms with E-state index in [1.807, 2.05) is 49.5 Å². The van der Waals surface area contributed by atoms with Crippen LogP contribution >= 0.6 is 0 Å². The quantitative estimate of drug-likeness (QED) is 0.354. The summed E-state index contributed by atoms with van der Waals surface area (Å²) >= 11 is 0. The van der Waals surface area contributed by atoms with Gasteiger partial charge < -0.3 is 29.2 Å². The summed E-state index contributed by atoms with van der Waals surface area (Å²) in [4.78, 5) is 16.6. The fourth-order valence-corrected chi connectivity index (χ4v) is 4.47. The van der Waals surface area contributed by atoms with Crippen LogP contribution in [0.15, 0.2) is 60.8 Å². The number of carbonyl (C=O) groups excluding carboxylic acids is 1. The lowest BCUT2D eigenvalue weighted by Gasteiger charge is -2.22. The van der Waals surface area contributed by atoms with E-state index in [0.717, 1.165) is 27.6 Å². The average molecular weight is 475 g/mol. The van der Waals surface area contributed by atoms with Crippen molar-refractivity contribution < 1.29 is 23.7 Å². The molecule has 1 amide bonds. The number of amides is 1. The van der Waals surface area contributed by atoms with Gasteiger partial charge in [0.15, 0.2) is 11.5 Å². The topological polar surface area (TPSA) is 81.8 Å². The molecule has 2 N–H and O–H groups in total. The lowest BCUT2D eigenvalue weighted by molar-refractivity contribution is 0.0951. The van der Waals surface area contributed by atoms with Gasteiger partial charge in [-0.2, -0.15) is 0 Å². The zero-order valence-electron chi connectivity index (χ0n) is 20.6. The molecule has 4 aromatic rings. The van der Waals surface area contributed by atoms with Crippen molar-refractivity contribution in [2.24, 2.45) is 0 Å². The molecule has 0 radical (unpaired) electrons. The van der Waals surface area contributed by atoms with Gasteiger partial charge in [0.2, 0.25) is 0 Å². The minimum absolute atomic E-state index is 0.200. The molecule has 182 valence electrons. The van der Waals surface area contributed by atoms with E-state index < -0.39 is 0 Å². The number of fused-ring (bicyclic) bond motifs is 1. The fourth-order valence-electron chi connectivity index (χ4n) is 4.47. The molecule has 7 nitrogen and oxygen atoms in total. The monoisotopic (exact) mass is 474 g/mol. The van der Waals surface area contributed by atoms with Crippen LogP contribution in [0.5, 0.6) is 23.0 Å². The van der Waals surface area contributed by atoms with Crippen LogP contribution in [-0.4, -0.2) is 45.9 Å². The van der Waals surface area contributed by atoms with E-state index in [1.54, 1.807) is 40.6 Å². The van der Waals surface area contributed by atoms with Gasteiger partial charge in [0.05, 0.1) is 28.4 Å². The third-order valence-electron chi connectivity index (χ3n) is 6.29. The highest BCUT2D eigenvalue weighted by Crippen LogP contribution is 2.40. The van der Waals surface area contributed by atoms with Crippen LogP contribution in [-0.2, 0) is 0 Å². The number of rotatable bonds is 9. The van der Waals surface area contributed by atoms with Crippen LogP contribution in [0.2, 0.25) is 0 Å². The standard InChI is InChI=1S/C28H30N2O5/c1-17-25(33-3)13-18(14-26(17)34-4)28(31)30-16-22(20-10-8-12-24(32-2)27(20)35-5)21-15-29-23-11-7-6-9-19(21)23/h6-15,22,29H,16H2,1-5H3,(H,30,31). The lowest BCUT2D eigenvalue weighted by Crippen LogP contribution is -2.29. The Labute approximate surface area is 205 Å². The van der Waals surface area contributed by atoms with Crippen molar-refractivity contribution in [3.8, 4) is 23.0 Å². The Hall–Kier alpha value is -4.13. The van der Waals surface area contributed by atoms with Crippen molar-refractivity contribution in [2.45, 2.75) is 12.8 Å². The first kappa shape index (κ1) is 24.0. The van der Waals surface area contributed by atoms with Crippen LogP contribution in [0.1, 0.15) is 33.0 Å². The molecular formula is C28H30N2O5. The van der Waals surface area contributed by atoms with Gasteiger partial charge in [0, 0.05) is 46.3 Å².